The van der Waals surface area contributed by atoms with E-state index in [0.717, 1.165) is 0 Å². The van der Waals surface area contributed by atoms with E-state index in [4.69, 9.17) is 21.1 Å². The number of ether oxygens (including phenoxy) is 3. The summed E-state index contributed by atoms with van der Waals surface area (Å²) >= 11 is 6.07. The SMILES string of the molecule is COCCOCc1nnc2c(Cl)cc(C(=O)OC)cn12. The molecular formula is C12H14ClN3O4. The van der Waals surface area contributed by atoms with Crippen molar-refractivity contribution >= 4 is 23.2 Å². The van der Waals surface area contributed by atoms with Crippen molar-refractivity contribution in [3.63, 3.8) is 0 Å². The lowest BCUT2D eigenvalue weighted by Crippen LogP contribution is -2.07. The monoisotopic (exact) mass is 299 g/mol. The maximum absolute atomic E-state index is 11.6. The molecule has 0 amide bonds. The topological polar surface area (TPSA) is 75.0 Å². The third-order valence-corrected chi connectivity index (χ3v) is 2.89. The van der Waals surface area contributed by atoms with Gasteiger partial charge in [0.2, 0.25) is 0 Å². The molecule has 2 heterocycles. The van der Waals surface area contributed by atoms with Crippen LogP contribution in [0.4, 0.5) is 0 Å². The van der Waals surface area contributed by atoms with Crippen molar-refractivity contribution in [3.8, 4) is 0 Å². The zero-order valence-electron chi connectivity index (χ0n) is 11.1. The molecule has 0 unspecified atom stereocenters. The normalized spacial score (nSPS) is 10.9. The maximum atomic E-state index is 11.6. The Balaban J connectivity index is 2.27. The molecule has 0 aliphatic heterocycles. The second kappa shape index (κ2) is 6.65. The van der Waals surface area contributed by atoms with Gasteiger partial charge < -0.3 is 14.2 Å². The number of hydrogen-bond donors (Lipinski definition) is 0. The van der Waals surface area contributed by atoms with Gasteiger partial charge in [0, 0.05) is 13.3 Å². The third kappa shape index (κ3) is 3.06. The highest BCUT2D eigenvalue weighted by atomic mass is 35.5. The molecule has 0 aromatic carbocycles. The van der Waals surface area contributed by atoms with Crippen LogP contribution in [0.3, 0.4) is 0 Å². The van der Waals surface area contributed by atoms with Gasteiger partial charge in [-0.25, -0.2) is 4.79 Å². The molecule has 20 heavy (non-hydrogen) atoms. The van der Waals surface area contributed by atoms with Crippen LogP contribution in [0, 0.1) is 0 Å². The fraction of sp³-hybridized carbons (Fsp3) is 0.417. The van der Waals surface area contributed by atoms with E-state index < -0.39 is 5.97 Å². The molecule has 108 valence electrons. The van der Waals surface area contributed by atoms with E-state index in [-0.39, 0.29) is 6.61 Å². The Bertz CT molecular complexity index is 614. The Labute approximate surface area is 120 Å². The van der Waals surface area contributed by atoms with Gasteiger partial charge in [0.25, 0.3) is 0 Å². The summed E-state index contributed by atoms with van der Waals surface area (Å²) < 4.78 is 16.6. The van der Waals surface area contributed by atoms with Gasteiger partial charge in [-0.2, -0.15) is 0 Å². The average Bonchev–Trinajstić information content (AvgIpc) is 2.86. The molecule has 2 rings (SSSR count). The van der Waals surface area contributed by atoms with Crippen molar-refractivity contribution in [1.29, 1.82) is 0 Å². The van der Waals surface area contributed by atoms with Gasteiger partial charge in [-0.05, 0) is 6.07 Å². The first-order chi connectivity index (χ1) is 9.67. The lowest BCUT2D eigenvalue weighted by atomic mass is 10.3. The van der Waals surface area contributed by atoms with E-state index in [1.165, 1.54) is 13.2 Å². The molecule has 2 aromatic rings. The number of hydrogen-bond acceptors (Lipinski definition) is 6. The highest BCUT2D eigenvalue weighted by Crippen LogP contribution is 2.19. The van der Waals surface area contributed by atoms with Crippen LogP contribution in [0.25, 0.3) is 5.65 Å². The van der Waals surface area contributed by atoms with Crippen LogP contribution >= 0.6 is 11.6 Å². The molecular weight excluding hydrogens is 286 g/mol. The minimum Gasteiger partial charge on any atom is -0.465 e. The lowest BCUT2D eigenvalue weighted by Gasteiger charge is -2.05. The molecule has 0 N–H and O–H groups in total. The minimum atomic E-state index is -0.478. The van der Waals surface area contributed by atoms with Crippen molar-refractivity contribution in [1.82, 2.24) is 14.6 Å². The largest absolute Gasteiger partial charge is 0.465 e. The highest BCUT2D eigenvalue weighted by Gasteiger charge is 2.14. The number of esters is 1. The van der Waals surface area contributed by atoms with E-state index >= 15 is 0 Å². The van der Waals surface area contributed by atoms with Gasteiger partial charge in [-0.3, -0.25) is 4.40 Å². The standard InChI is InChI=1S/C12H14ClN3O4/c1-18-3-4-20-7-10-14-15-11-9(13)5-8(6-16(10)11)12(17)19-2/h5-6H,3-4,7H2,1-2H3. The molecule has 0 aliphatic rings. The van der Waals surface area contributed by atoms with Crippen molar-refractivity contribution in [3.05, 3.63) is 28.7 Å². The summed E-state index contributed by atoms with van der Waals surface area (Å²) in [4.78, 5) is 11.6. The summed E-state index contributed by atoms with van der Waals surface area (Å²) in [5.74, 6) is 0.0671. The second-order valence-corrected chi connectivity index (χ2v) is 4.33. The van der Waals surface area contributed by atoms with E-state index in [0.29, 0.717) is 35.3 Å². The number of fused-ring (bicyclic) bond motifs is 1. The average molecular weight is 300 g/mol. The summed E-state index contributed by atoms with van der Waals surface area (Å²) in [6.07, 6.45) is 1.57. The predicted molar refractivity (Wildman–Crippen MR) is 70.9 cm³/mol. The summed E-state index contributed by atoms with van der Waals surface area (Å²) in [6, 6.07) is 1.49. The Kier molecular flexibility index (Phi) is 4.89. The van der Waals surface area contributed by atoms with Crippen LogP contribution in [0.1, 0.15) is 16.2 Å². The van der Waals surface area contributed by atoms with Gasteiger partial charge in [0.05, 0.1) is 30.9 Å². The summed E-state index contributed by atoms with van der Waals surface area (Å²) in [5.41, 5.74) is 0.785. The van der Waals surface area contributed by atoms with Gasteiger partial charge in [-0.15, -0.1) is 10.2 Å². The summed E-state index contributed by atoms with van der Waals surface area (Å²) in [5, 5.41) is 8.27. The predicted octanol–water partition coefficient (Wildman–Crippen LogP) is 1.33. The molecule has 0 fully saturated rings. The van der Waals surface area contributed by atoms with E-state index in [9.17, 15) is 4.79 Å². The van der Waals surface area contributed by atoms with Gasteiger partial charge in [-0.1, -0.05) is 11.6 Å². The van der Waals surface area contributed by atoms with E-state index in [1.807, 2.05) is 0 Å². The fourth-order valence-corrected chi connectivity index (χ4v) is 1.88. The maximum Gasteiger partial charge on any atom is 0.339 e. The smallest absolute Gasteiger partial charge is 0.339 e. The summed E-state index contributed by atoms with van der Waals surface area (Å²) in [7, 11) is 2.90. The molecule has 0 saturated heterocycles. The molecule has 2 aromatic heterocycles. The number of halogens is 1. The lowest BCUT2D eigenvalue weighted by molar-refractivity contribution is 0.0579. The van der Waals surface area contributed by atoms with Crippen molar-refractivity contribution < 1.29 is 19.0 Å². The Hall–Kier alpha value is -1.70. The summed E-state index contributed by atoms with van der Waals surface area (Å²) in [6.45, 7) is 1.17. The van der Waals surface area contributed by atoms with Gasteiger partial charge >= 0.3 is 5.97 Å². The Morgan fingerprint density at radius 3 is 2.85 bits per heavy atom. The minimum absolute atomic E-state index is 0.242. The van der Waals surface area contributed by atoms with Crippen LogP contribution in [0.5, 0.6) is 0 Å². The Morgan fingerprint density at radius 1 is 1.35 bits per heavy atom. The molecule has 0 radical (unpaired) electrons. The second-order valence-electron chi connectivity index (χ2n) is 3.92. The van der Waals surface area contributed by atoms with Crippen LogP contribution in [0.2, 0.25) is 5.02 Å². The molecule has 7 nitrogen and oxygen atoms in total. The van der Waals surface area contributed by atoms with Gasteiger partial charge in [0.15, 0.2) is 11.5 Å². The molecule has 0 bridgehead atoms. The van der Waals surface area contributed by atoms with Gasteiger partial charge in [0.1, 0.15) is 6.61 Å². The number of rotatable bonds is 6. The zero-order valence-corrected chi connectivity index (χ0v) is 11.9. The van der Waals surface area contributed by atoms with Crippen LogP contribution in [-0.4, -0.2) is 48.0 Å². The Morgan fingerprint density at radius 2 is 2.15 bits per heavy atom. The molecule has 8 heteroatoms. The number of methoxy groups -OCH3 is 2. The third-order valence-electron chi connectivity index (χ3n) is 2.61. The van der Waals surface area contributed by atoms with Crippen LogP contribution in [0.15, 0.2) is 12.3 Å². The first kappa shape index (κ1) is 14.7. The molecule has 0 atom stereocenters. The number of carbonyl (C=O) groups excluding carboxylic acids is 1. The van der Waals surface area contributed by atoms with Crippen LogP contribution < -0.4 is 0 Å². The first-order valence-corrected chi connectivity index (χ1v) is 6.23. The first-order valence-electron chi connectivity index (χ1n) is 5.85. The zero-order chi connectivity index (χ0) is 14.5. The molecule has 0 aliphatic carbocycles. The van der Waals surface area contributed by atoms with E-state index in [1.54, 1.807) is 17.7 Å². The molecule has 0 spiro atoms. The molecule has 0 saturated carbocycles. The van der Waals surface area contributed by atoms with Crippen molar-refractivity contribution in [2.24, 2.45) is 0 Å². The highest BCUT2D eigenvalue weighted by molar-refractivity contribution is 6.33. The fourth-order valence-electron chi connectivity index (χ4n) is 1.63. The quantitative estimate of drug-likeness (QED) is 0.592. The van der Waals surface area contributed by atoms with E-state index in [2.05, 4.69) is 14.9 Å². The van der Waals surface area contributed by atoms with Crippen molar-refractivity contribution in [2.75, 3.05) is 27.4 Å². The number of aromatic nitrogens is 3. The number of nitrogens with zero attached hydrogens (tertiary/aromatic N) is 3. The van der Waals surface area contributed by atoms with Crippen LogP contribution in [-0.2, 0) is 20.8 Å². The van der Waals surface area contributed by atoms with Crippen molar-refractivity contribution in [2.45, 2.75) is 6.61 Å². The number of carbonyl (C=O) groups is 1. The number of pyridine rings is 1.